The average molecular weight is 384 g/mol. The van der Waals surface area contributed by atoms with Gasteiger partial charge >= 0.3 is 0 Å². The van der Waals surface area contributed by atoms with Crippen LogP contribution in [0, 0.1) is 6.92 Å². The van der Waals surface area contributed by atoms with Gasteiger partial charge in [-0.15, -0.1) is 10.2 Å². The van der Waals surface area contributed by atoms with Crippen molar-refractivity contribution in [3.63, 3.8) is 0 Å². The maximum atomic E-state index is 11.8. The van der Waals surface area contributed by atoms with Gasteiger partial charge in [0.05, 0.1) is 12.9 Å². The molecule has 0 aliphatic rings. The minimum atomic E-state index is -3.41. The smallest absolute Gasteiger partial charge is 0.231 e. The highest BCUT2D eigenvalue weighted by molar-refractivity contribution is 7.92. The second kappa shape index (κ2) is 8.77. The molecular weight excluding hydrogens is 364 g/mol. The molecule has 136 valence electrons. The van der Waals surface area contributed by atoms with Crippen LogP contribution in [0.4, 0.5) is 10.3 Å². The van der Waals surface area contributed by atoms with Crippen molar-refractivity contribution in [2.75, 3.05) is 22.9 Å². The fourth-order valence-corrected chi connectivity index (χ4v) is 3.43. The number of hydrogen-bond donors (Lipinski definition) is 2. The summed E-state index contributed by atoms with van der Waals surface area (Å²) in [7, 11) is -3.41. The first-order valence-electron chi connectivity index (χ1n) is 7.62. The molecule has 1 aromatic heterocycles. The number of nitrogens with zero attached hydrogens (tertiary/aromatic N) is 2. The maximum absolute atomic E-state index is 11.8. The lowest BCUT2D eigenvalue weighted by Gasteiger charge is -2.06. The van der Waals surface area contributed by atoms with Crippen molar-refractivity contribution in [3.8, 4) is 5.75 Å². The van der Waals surface area contributed by atoms with Crippen LogP contribution in [0.25, 0.3) is 0 Å². The molecule has 0 aliphatic carbocycles. The monoisotopic (exact) mass is 384 g/mol. The summed E-state index contributed by atoms with van der Waals surface area (Å²) in [6, 6.07) is 7.80. The lowest BCUT2D eigenvalue weighted by Crippen LogP contribution is -2.11. The Hall–Kier alpha value is -2.20. The Labute approximate surface area is 150 Å². The summed E-state index contributed by atoms with van der Waals surface area (Å²) in [6.45, 7) is 2.54. The van der Waals surface area contributed by atoms with Gasteiger partial charge in [0.15, 0.2) is 0 Å². The highest BCUT2D eigenvalue weighted by Crippen LogP contribution is 2.21. The Balaban J connectivity index is 1.65. The van der Waals surface area contributed by atoms with Crippen molar-refractivity contribution >= 4 is 37.5 Å². The number of amides is 1. The SMILES string of the molecule is Cc1cccc(OCCCCC(=O)Nc2nnc(NS(C)(=O)=O)s2)c1. The molecule has 0 saturated heterocycles. The van der Waals surface area contributed by atoms with Gasteiger partial charge in [0, 0.05) is 6.42 Å². The van der Waals surface area contributed by atoms with Crippen LogP contribution in [-0.4, -0.2) is 37.4 Å². The number of benzene rings is 1. The van der Waals surface area contributed by atoms with Crippen molar-refractivity contribution in [2.45, 2.75) is 26.2 Å². The number of hydrogen-bond acceptors (Lipinski definition) is 7. The number of aryl methyl sites for hydroxylation is 1. The highest BCUT2D eigenvalue weighted by Gasteiger charge is 2.10. The molecular formula is C15H20N4O4S2. The molecule has 2 aromatic rings. The Morgan fingerprint density at radius 1 is 1.24 bits per heavy atom. The van der Waals surface area contributed by atoms with E-state index in [4.69, 9.17) is 4.74 Å². The minimum absolute atomic E-state index is 0.115. The van der Waals surface area contributed by atoms with Crippen molar-refractivity contribution in [2.24, 2.45) is 0 Å². The fourth-order valence-electron chi connectivity index (χ4n) is 1.94. The van der Waals surface area contributed by atoms with Crippen LogP contribution in [0.1, 0.15) is 24.8 Å². The summed E-state index contributed by atoms with van der Waals surface area (Å²) in [5.74, 6) is 0.627. The van der Waals surface area contributed by atoms with Crippen LogP contribution in [0.3, 0.4) is 0 Å². The molecule has 2 rings (SSSR count). The number of anilines is 2. The van der Waals surface area contributed by atoms with Crippen LogP contribution in [0.2, 0.25) is 0 Å². The molecule has 1 amide bonds. The molecule has 8 nitrogen and oxygen atoms in total. The molecule has 0 fully saturated rings. The van der Waals surface area contributed by atoms with Crippen LogP contribution < -0.4 is 14.8 Å². The Kier molecular flexibility index (Phi) is 6.71. The molecule has 0 saturated carbocycles. The van der Waals surface area contributed by atoms with Crippen LogP contribution in [-0.2, 0) is 14.8 Å². The van der Waals surface area contributed by atoms with Gasteiger partial charge in [-0.1, -0.05) is 23.5 Å². The first kappa shape index (κ1) is 19.1. The predicted molar refractivity (Wildman–Crippen MR) is 97.5 cm³/mol. The zero-order valence-corrected chi connectivity index (χ0v) is 15.6. The largest absolute Gasteiger partial charge is 0.494 e. The molecule has 25 heavy (non-hydrogen) atoms. The number of aromatic nitrogens is 2. The van der Waals surface area contributed by atoms with Gasteiger partial charge in [0.25, 0.3) is 0 Å². The Bertz CT molecular complexity index is 820. The highest BCUT2D eigenvalue weighted by atomic mass is 32.2. The number of unbranched alkanes of at least 4 members (excludes halogenated alkanes) is 1. The number of ether oxygens (including phenoxy) is 1. The van der Waals surface area contributed by atoms with Gasteiger partial charge < -0.3 is 10.1 Å². The number of sulfonamides is 1. The molecule has 10 heteroatoms. The van der Waals surface area contributed by atoms with Crippen molar-refractivity contribution in [1.82, 2.24) is 10.2 Å². The van der Waals surface area contributed by atoms with Gasteiger partial charge in [0.2, 0.25) is 26.2 Å². The quantitative estimate of drug-likeness (QED) is 0.642. The number of carbonyl (C=O) groups excluding carboxylic acids is 1. The predicted octanol–water partition coefficient (Wildman–Crippen LogP) is 2.41. The van der Waals surface area contributed by atoms with Gasteiger partial charge in [-0.2, -0.15) is 0 Å². The zero-order valence-electron chi connectivity index (χ0n) is 14.0. The zero-order chi connectivity index (χ0) is 18.3. The van der Waals surface area contributed by atoms with Gasteiger partial charge in [-0.25, -0.2) is 8.42 Å². The van der Waals surface area contributed by atoms with E-state index in [-0.39, 0.29) is 16.2 Å². The minimum Gasteiger partial charge on any atom is -0.494 e. The molecule has 0 spiro atoms. The number of carbonyl (C=O) groups is 1. The summed E-state index contributed by atoms with van der Waals surface area (Å²) < 4.78 is 30.0. The average Bonchev–Trinajstić information content (AvgIpc) is 2.91. The van der Waals surface area contributed by atoms with Crippen molar-refractivity contribution in [3.05, 3.63) is 29.8 Å². The first-order valence-corrected chi connectivity index (χ1v) is 10.3. The van der Waals surface area contributed by atoms with Crippen LogP contribution in [0.5, 0.6) is 5.75 Å². The normalized spacial score (nSPS) is 11.1. The Morgan fingerprint density at radius 2 is 2.00 bits per heavy atom. The van der Waals surface area contributed by atoms with Crippen molar-refractivity contribution in [1.29, 1.82) is 0 Å². The third kappa shape index (κ3) is 7.48. The fraction of sp³-hybridized carbons (Fsp3) is 0.400. The molecule has 0 aliphatic heterocycles. The summed E-state index contributed by atoms with van der Waals surface area (Å²) in [5.41, 5.74) is 1.14. The number of nitrogens with one attached hydrogen (secondary N) is 2. The second-order valence-corrected chi connectivity index (χ2v) is 8.18. The van der Waals surface area contributed by atoms with E-state index in [1.165, 1.54) is 0 Å². The van der Waals surface area contributed by atoms with Gasteiger partial charge in [-0.05, 0) is 37.5 Å². The Morgan fingerprint density at radius 3 is 2.72 bits per heavy atom. The van der Waals surface area contributed by atoms with E-state index in [2.05, 4.69) is 20.2 Å². The molecule has 0 radical (unpaired) electrons. The lowest BCUT2D eigenvalue weighted by atomic mass is 10.2. The molecule has 1 heterocycles. The van der Waals surface area contributed by atoms with E-state index in [0.717, 1.165) is 35.3 Å². The molecule has 0 atom stereocenters. The van der Waals surface area contributed by atoms with E-state index in [0.29, 0.717) is 19.4 Å². The molecule has 1 aromatic carbocycles. The van der Waals surface area contributed by atoms with Crippen LogP contribution in [0.15, 0.2) is 24.3 Å². The van der Waals surface area contributed by atoms with Gasteiger partial charge in [0.1, 0.15) is 5.75 Å². The molecule has 2 N–H and O–H groups in total. The summed E-state index contributed by atoms with van der Waals surface area (Å²) >= 11 is 0.961. The van der Waals surface area contributed by atoms with E-state index in [1.807, 2.05) is 31.2 Å². The van der Waals surface area contributed by atoms with E-state index in [9.17, 15) is 13.2 Å². The third-order valence-corrected chi connectivity index (χ3v) is 4.45. The lowest BCUT2D eigenvalue weighted by molar-refractivity contribution is -0.116. The van der Waals surface area contributed by atoms with Crippen LogP contribution >= 0.6 is 11.3 Å². The standard InChI is InChI=1S/C15H20N4O4S2/c1-11-6-5-7-12(10-11)23-9-4-3-8-13(20)16-14-17-18-15(24-14)19-25(2,21)22/h5-7,10H,3-4,8-9H2,1-2H3,(H,18,19)(H,16,17,20). The molecule has 0 unspecified atom stereocenters. The van der Waals surface area contributed by atoms with E-state index in [1.54, 1.807) is 0 Å². The maximum Gasteiger partial charge on any atom is 0.231 e. The second-order valence-electron chi connectivity index (χ2n) is 5.46. The first-order chi connectivity index (χ1) is 11.8. The summed E-state index contributed by atoms with van der Waals surface area (Å²) in [5, 5.41) is 10.3. The van der Waals surface area contributed by atoms with E-state index >= 15 is 0 Å². The number of rotatable bonds is 9. The summed E-state index contributed by atoms with van der Waals surface area (Å²) in [4.78, 5) is 11.8. The van der Waals surface area contributed by atoms with E-state index < -0.39 is 10.0 Å². The van der Waals surface area contributed by atoms with Crippen molar-refractivity contribution < 1.29 is 17.9 Å². The third-order valence-electron chi connectivity index (χ3n) is 3.00. The van der Waals surface area contributed by atoms with Gasteiger partial charge in [-0.3, -0.25) is 9.52 Å². The topological polar surface area (TPSA) is 110 Å². The summed E-state index contributed by atoms with van der Waals surface area (Å²) in [6.07, 6.45) is 2.76. The molecule has 0 bridgehead atoms.